The molecule has 0 saturated carbocycles. The van der Waals surface area contributed by atoms with Crippen molar-refractivity contribution in [2.24, 2.45) is 0 Å². The van der Waals surface area contributed by atoms with E-state index in [9.17, 15) is 35.3 Å². The number of nitrogens with zero attached hydrogens (tertiary/aromatic N) is 2. The molecule has 0 radical (unpaired) electrons. The zero-order valence-electron chi connectivity index (χ0n) is 13.9. The molecule has 2 heterocycles. The summed E-state index contributed by atoms with van der Waals surface area (Å²) in [5, 5.41) is 48.6. The lowest BCUT2D eigenvalue weighted by atomic mass is 9.98. The van der Waals surface area contributed by atoms with Crippen LogP contribution in [0.1, 0.15) is 11.8 Å². The molecule has 10 nitrogen and oxygen atoms in total. The first-order chi connectivity index (χ1) is 12.9. The number of ether oxygens (including phenoxy) is 1. The fraction of sp³-hybridized carbons (Fsp3) is 0.353. The Morgan fingerprint density at radius 2 is 1.78 bits per heavy atom. The molecule has 3 rings (SSSR count). The van der Waals surface area contributed by atoms with Crippen molar-refractivity contribution in [3.8, 4) is 17.3 Å². The average molecular weight is 375 g/mol. The van der Waals surface area contributed by atoms with Gasteiger partial charge in [-0.25, -0.2) is 9.36 Å². The van der Waals surface area contributed by atoms with Crippen LogP contribution in [0.4, 0.5) is 0 Å². The molecule has 0 amide bonds. The summed E-state index contributed by atoms with van der Waals surface area (Å²) in [4.78, 5) is 27.7. The number of H-pyrrole nitrogens is 1. The SMILES string of the molecule is N#Cc1c(-c2ccccc2)[nH]c(=O)n([C@@H]2O[C@H](CO)[C@H](O)[C@H](O)[C@H]2O)c1=O. The van der Waals surface area contributed by atoms with Crippen molar-refractivity contribution in [3.05, 3.63) is 56.7 Å². The highest BCUT2D eigenvalue weighted by Gasteiger charge is 2.45. The summed E-state index contributed by atoms with van der Waals surface area (Å²) in [6.45, 7) is -0.721. The van der Waals surface area contributed by atoms with Gasteiger partial charge in [-0.3, -0.25) is 4.79 Å². The Balaban J connectivity index is 2.17. The second kappa shape index (κ2) is 7.43. The van der Waals surface area contributed by atoms with Crippen LogP contribution in [0.3, 0.4) is 0 Å². The van der Waals surface area contributed by atoms with Gasteiger partial charge in [0, 0.05) is 0 Å². The molecule has 5 atom stereocenters. The van der Waals surface area contributed by atoms with Gasteiger partial charge >= 0.3 is 5.69 Å². The summed E-state index contributed by atoms with van der Waals surface area (Å²) >= 11 is 0. The van der Waals surface area contributed by atoms with Crippen LogP contribution in [-0.2, 0) is 4.74 Å². The lowest BCUT2D eigenvalue weighted by molar-refractivity contribution is -0.252. The van der Waals surface area contributed by atoms with E-state index in [4.69, 9.17) is 4.74 Å². The van der Waals surface area contributed by atoms with Crippen molar-refractivity contribution in [2.45, 2.75) is 30.6 Å². The van der Waals surface area contributed by atoms with Crippen LogP contribution in [0, 0.1) is 11.3 Å². The Morgan fingerprint density at radius 3 is 2.37 bits per heavy atom. The molecule has 142 valence electrons. The Kier molecular flexibility index (Phi) is 5.22. The maximum absolute atomic E-state index is 12.8. The number of hydrogen-bond donors (Lipinski definition) is 5. The van der Waals surface area contributed by atoms with Crippen LogP contribution >= 0.6 is 0 Å². The molecule has 1 aromatic carbocycles. The molecule has 1 fully saturated rings. The molecular weight excluding hydrogens is 358 g/mol. The van der Waals surface area contributed by atoms with Gasteiger partial charge in [0.1, 0.15) is 36.0 Å². The van der Waals surface area contributed by atoms with E-state index in [1.54, 1.807) is 36.4 Å². The lowest BCUT2D eigenvalue weighted by Crippen LogP contribution is -2.59. The van der Waals surface area contributed by atoms with Gasteiger partial charge in [0.15, 0.2) is 6.23 Å². The maximum Gasteiger partial charge on any atom is 0.331 e. The van der Waals surface area contributed by atoms with E-state index in [1.807, 2.05) is 0 Å². The topological polar surface area (TPSA) is 169 Å². The van der Waals surface area contributed by atoms with E-state index in [2.05, 4.69) is 4.98 Å². The monoisotopic (exact) mass is 375 g/mol. The predicted molar refractivity (Wildman–Crippen MR) is 90.5 cm³/mol. The Labute approximate surface area is 152 Å². The summed E-state index contributed by atoms with van der Waals surface area (Å²) in [7, 11) is 0. The largest absolute Gasteiger partial charge is 0.394 e. The number of aromatic nitrogens is 2. The quantitative estimate of drug-likeness (QED) is 0.412. The number of aromatic amines is 1. The van der Waals surface area contributed by atoms with Gasteiger partial charge in [-0.1, -0.05) is 30.3 Å². The Bertz CT molecular complexity index is 977. The third-order valence-electron chi connectivity index (χ3n) is 4.43. The van der Waals surface area contributed by atoms with Gasteiger partial charge in [0.25, 0.3) is 5.56 Å². The molecule has 0 aliphatic carbocycles. The summed E-state index contributed by atoms with van der Waals surface area (Å²) in [5.74, 6) is 0. The fourth-order valence-corrected chi connectivity index (χ4v) is 3.00. The highest BCUT2D eigenvalue weighted by molar-refractivity contribution is 5.65. The van der Waals surface area contributed by atoms with E-state index in [0.29, 0.717) is 10.1 Å². The fourth-order valence-electron chi connectivity index (χ4n) is 3.00. The molecule has 1 aromatic heterocycles. The second-order valence-electron chi connectivity index (χ2n) is 6.05. The van der Waals surface area contributed by atoms with Crippen LogP contribution in [0.2, 0.25) is 0 Å². The van der Waals surface area contributed by atoms with E-state index >= 15 is 0 Å². The number of nitriles is 1. The molecule has 2 aromatic rings. The zero-order chi connectivity index (χ0) is 19.7. The normalized spacial score (nSPS) is 27.9. The maximum atomic E-state index is 12.8. The van der Waals surface area contributed by atoms with E-state index in [1.165, 1.54) is 0 Å². The molecule has 0 bridgehead atoms. The summed E-state index contributed by atoms with van der Waals surface area (Å²) < 4.78 is 5.70. The van der Waals surface area contributed by atoms with Gasteiger partial charge < -0.3 is 30.1 Å². The van der Waals surface area contributed by atoms with Gasteiger partial charge in [-0.2, -0.15) is 5.26 Å². The zero-order valence-corrected chi connectivity index (χ0v) is 13.9. The third kappa shape index (κ3) is 3.18. The molecule has 1 aliphatic rings. The molecule has 1 aliphatic heterocycles. The molecular formula is C17H17N3O7. The molecule has 10 heteroatoms. The van der Waals surface area contributed by atoms with Crippen molar-refractivity contribution in [2.75, 3.05) is 6.61 Å². The standard InChI is InChI=1S/C17H17N3O7/c18-6-9-11(8-4-2-1-3-5-8)19-17(26)20(15(9)25)16-14(24)13(23)12(22)10(7-21)27-16/h1-5,10,12-14,16,21-24H,7H2,(H,19,26)/t10-,12+,13+,14-,16-/m1/s1. The molecule has 0 spiro atoms. The number of hydrogen-bond acceptors (Lipinski definition) is 8. The third-order valence-corrected chi connectivity index (χ3v) is 4.43. The summed E-state index contributed by atoms with van der Waals surface area (Å²) in [6, 6.07) is 9.98. The molecule has 0 unspecified atom stereocenters. The minimum Gasteiger partial charge on any atom is -0.394 e. The van der Waals surface area contributed by atoms with Crippen LogP contribution in [0.15, 0.2) is 39.9 Å². The van der Waals surface area contributed by atoms with Gasteiger partial charge in [0.2, 0.25) is 0 Å². The first-order valence-electron chi connectivity index (χ1n) is 8.05. The van der Waals surface area contributed by atoms with Crippen molar-refractivity contribution < 1.29 is 25.2 Å². The first-order valence-corrected chi connectivity index (χ1v) is 8.05. The number of aliphatic hydroxyl groups excluding tert-OH is 4. The summed E-state index contributed by atoms with van der Waals surface area (Å²) in [6.07, 6.45) is -8.26. The highest BCUT2D eigenvalue weighted by Crippen LogP contribution is 2.27. The first kappa shape index (κ1) is 19.0. The van der Waals surface area contributed by atoms with Gasteiger partial charge in [0.05, 0.1) is 12.3 Å². The average Bonchev–Trinajstić information content (AvgIpc) is 2.68. The minimum atomic E-state index is -1.84. The van der Waals surface area contributed by atoms with Crippen molar-refractivity contribution in [1.29, 1.82) is 5.26 Å². The number of nitrogens with one attached hydrogen (secondary N) is 1. The highest BCUT2D eigenvalue weighted by atomic mass is 16.6. The second-order valence-corrected chi connectivity index (χ2v) is 6.05. The van der Waals surface area contributed by atoms with E-state index in [-0.39, 0.29) is 5.69 Å². The lowest BCUT2D eigenvalue weighted by Gasteiger charge is -2.40. The van der Waals surface area contributed by atoms with E-state index < -0.39 is 54.1 Å². The molecule has 27 heavy (non-hydrogen) atoms. The van der Waals surface area contributed by atoms with Crippen LogP contribution < -0.4 is 11.2 Å². The van der Waals surface area contributed by atoms with Gasteiger partial charge in [-0.15, -0.1) is 0 Å². The van der Waals surface area contributed by atoms with Gasteiger partial charge in [-0.05, 0) is 5.56 Å². The predicted octanol–water partition coefficient (Wildman–Crippen LogP) is -1.95. The number of aliphatic hydroxyl groups is 4. The molecule has 1 saturated heterocycles. The van der Waals surface area contributed by atoms with Crippen LogP contribution in [0.5, 0.6) is 0 Å². The number of rotatable bonds is 3. The Hall–Kier alpha value is -2.81. The van der Waals surface area contributed by atoms with Crippen molar-refractivity contribution >= 4 is 0 Å². The van der Waals surface area contributed by atoms with Crippen LogP contribution in [-0.4, -0.2) is 61.0 Å². The minimum absolute atomic E-state index is 0.00828. The van der Waals surface area contributed by atoms with Crippen LogP contribution in [0.25, 0.3) is 11.3 Å². The van der Waals surface area contributed by atoms with Crippen molar-refractivity contribution in [1.82, 2.24) is 9.55 Å². The van der Waals surface area contributed by atoms with Crippen molar-refractivity contribution in [3.63, 3.8) is 0 Å². The summed E-state index contributed by atoms with van der Waals surface area (Å²) in [5.41, 5.74) is -1.97. The Morgan fingerprint density at radius 1 is 1.11 bits per heavy atom. The smallest absolute Gasteiger partial charge is 0.331 e. The number of benzene rings is 1. The molecule has 5 N–H and O–H groups in total. The van der Waals surface area contributed by atoms with E-state index in [0.717, 1.165) is 0 Å².